The van der Waals surface area contributed by atoms with Crippen molar-refractivity contribution < 1.29 is 14.3 Å². The molecule has 27 heavy (non-hydrogen) atoms. The Hall–Kier alpha value is -2.66. The number of amides is 2. The molecule has 5 nitrogen and oxygen atoms in total. The molecule has 0 heterocycles. The molecular formula is C22H28N2O3. The van der Waals surface area contributed by atoms with Gasteiger partial charge in [0.1, 0.15) is 0 Å². The molecule has 0 aromatic heterocycles. The molecule has 5 heteroatoms. The average molecular weight is 368 g/mol. The number of ether oxygens (including phenoxy) is 1. The van der Waals surface area contributed by atoms with Crippen LogP contribution in [-0.4, -0.2) is 50.1 Å². The Bertz CT molecular complexity index is 665. The van der Waals surface area contributed by atoms with E-state index in [1.54, 1.807) is 18.9 Å². The van der Waals surface area contributed by atoms with Gasteiger partial charge in [-0.25, -0.2) is 0 Å². The number of rotatable bonds is 10. The topological polar surface area (TPSA) is 58.6 Å². The standard InChI is InChI=1S/C22H28N2O3/c1-18(25)24(15-9-17-27-2)16-14-23-22(26)21(19-10-5-3-6-11-19)20-12-7-4-8-13-20/h3-8,10-13,21H,9,14-17H2,1-2H3,(H,23,26). The predicted molar refractivity (Wildman–Crippen MR) is 106 cm³/mol. The molecule has 0 aliphatic rings. The fourth-order valence-electron chi connectivity index (χ4n) is 3.03. The maximum atomic E-state index is 12.9. The molecule has 0 bridgehead atoms. The summed E-state index contributed by atoms with van der Waals surface area (Å²) in [7, 11) is 1.64. The van der Waals surface area contributed by atoms with Crippen LogP contribution in [0.5, 0.6) is 0 Å². The highest BCUT2D eigenvalue weighted by molar-refractivity contribution is 5.87. The number of nitrogens with one attached hydrogen (secondary N) is 1. The van der Waals surface area contributed by atoms with Crippen molar-refractivity contribution in [3.8, 4) is 0 Å². The van der Waals surface area contributed by atoms with Crippen LogP contribution in [0.15, 0.2) is 60.7 Å². The van der Waals surface area contributed by atoms with Crippen LogP contribution >= 0.6 is 0 Å². The van der Waals surface area contributed by atoms with Crippen LogP contribution in [0, 0.1) is 0 Å². The molecule has 0 unspecified atom stereocenters. The second-order valence-corrected chi connectivity index (χ2v) is 6.40. The van der Waals surface area contributed by atoms with E-state index < -0.39 is 0 Å². The first-order valence-electron chi connectivity index (χ1n) is 9.25. The van der Waals surface area contributed by atoms with Crippen LogP contribution in [0.4, 0.5) is 0 Å². The van der Waals surface area contributed by atoms with E-state index in [1.807, 2.05) is 60.7 Å². The molecular weight excluding hydrogens is 340 g/mol. The lowest BCUT2D eigenvalue weighted by molar-refractivity contribution is -0.129. The van der Waals surface area contributed by atoms with E-state index in [4.69, 9.17) is 4.74 Å². The third kappa shape index (κ3) is 6.53. The SMILES string of the molecule is COCCCN(CCNC(=O)C(c1ccccc1)c1ccccc1)C(C)=O. The molecule has 1 N–H and O–H groups in total. The number of benzene rings is 2. The first-order valence-corrected chi connectivity index (χ1v) is 9.25. The summed E-state index contributed by atoms with van der Waals surface area (Å²) < 4.78 is 5.04. The molecule has 0 aliphatic carbocycles. The van der Waals surface area contributed by atoms with Crippen LogP contribution in [0.3, 0.4) is 0 Å². The zero-order valence-corrected chi connectivity index (χ0v) is 16.1. The van der Waals surface area contributed by atoms with Crippen molar-refractivity contribution >= 4 is 11.8 Å². The van der Waals surface area contributed by atoms with Crippen LogP contribution < -0.4 is 5.32 Å². The highest BCUT2D eigenvalue weighted by atomic mass is 16.5. The molecule has 2 aromatic rings. The number of nitrogens with zero attached hydrogens (tertiary/aromatic N) is 1. The zero-order chi connectivity index (χ0) is 19.5. The van der Waals surface area contributed by atoms with Crippen molar-refractivity contribution in [3.05, 3.63) is 71.8 Å². The highest BCUT2D eigenvalue weighted by Crippen LogP contribution is 2.24. The number of hydrogen-bond donors (Lipinski definition) is 1. The van der Waals surface area contributed by atoms with E-state index in [2.05, 4.69) is 5.32 Å². The minimum atomic E-state index is -0.369. The molecule has 144 valence electrons. The number of carbonyl (C=O) groups is 2. The fraction of sp³-hybridized carbons (Fsp3) is 0.364. The minimum Gasteiger partial charge on any atom is -0.385 e. The maximum absolute atomic E-state index is 12.9. The van der Waals surface area contributed by atoms with E-state index in [9.17, 15) is 9.59 Å². The third-order valence-electron chi connectivity index (χ3n) is 4.43. The van der Waals surface area contributed by atoms with E-state index >= 15 is 0 Å². The van der Waals surface area contributed by atoms with Gasteiger partial charge in [0.05, 0.1) is 5.92 Å². The summed E-state index contributed by atoms with van der Waals surface area (Å²) in [5.41, 5.74) is 1.90. The van der Waals surface area contributed by atoms with Crippen molar-refractivity contribution in [1.82, 2.24) is 10.2 Å². The Morgan fingerprint density at radius 3 is 2.00 bits per heavy atom. The van der Waals surface area contributed by atoms with Gasteiger partial charge in [-0.15, -0.1) is 0 Å². The first-order chi connectivity index (χ1) is 13.1. The number of methoxy groups -OCH3 is 1. The Labute approximate surface area is 161 Å². The summed E-state index contributed by atoms with van der Waals surface area (Å²) in [5, 5.41) is 2.99. The Kier molecular flexibility index (Phi) is 8.52. The summed E-state index contributed by atoms with van der Waals surface area (Å²) in [6.07, 6.45) is 0.778. The van der Waals surface area contributed by atoms with Crippen molar-refractivity contribution in [2.75, 3.05) is 33.4 Å². The molecule has 2 aromatic carbocycles. The van der Waals surface area contributed by atoms with Crippen molar-refractivity contribution in [3.63, 3.8) is 0 Å². The van der Waals surface area contributed by atoms with Crippen LogP contribution in [-0.2, 0) is 14.3 Å². The number of hydrogen-bond acceptors (Lipinski definition) is 3. The predicted octanol–water partition coefficient (Wildman–Crippen LogP) is 2.82. The second-order valence-electron chi connectivity index (χ2n) is 6.40. The van der Waals surface area contributed by atoms with Gasteiger partial charge in [0.2, 0.25) is 11.8 Å². The van der Waals surface area contributed by atoms with Gasteiger partial charge in [-0.3, -0.25) is 9.59 Å². The lowest BCUT2D eigenvalue weighted by Gasteiger charge is -2.22. The quantitative estimate of drug-likeness (QED) is 0.656. The van der Waals surface area contributed by atoms with Gasteiger partial charge in [0, 0.05) is 40.3 Å². The molecule has 0 saturated carbocycles. The summed E-state index contributed by atoms with van der Waals surface area (Å²) >= 11 is 0. The second kappa shape index (κ2) is 11.1. The van der Waals surface area contributed by atoms with Crippen LogP contribution in [0.25, 0.3) is 0 Å². The van der Waals surface area contributed by atoms with E-state index in [1.165, 1.54) is 0 Å². The third-order valence-corrected chi connectivity index (χ3v) is 4.43. The highest BCUT2D eigenvalue weighted by Gasteiger charge is 2.22. The largest absolute Gasteiger partial charge is 0.385 e. The van der Waals surface area contributed by atoms with Gasteiger partial charge in [-0.05, 0) is 17.5 Å². The molecule has 0 aliphatic heterocycles. The molecule has 0 atom stereocenters. The Morgan fingerprint density at radius 2 is 1.52 bits per heavy atom. The number of carbonyl (C=O) groups excluding carboxylic acids is 2. The van der Waals surface area contributed by atoms with Crippen molar-refractivity contribution in [1.29, 1.82) is 0 Å². The summed E-state index contributed by atoms with van der Waals surface area (Å²) in [5.74, 6) is -0.428. The van der Waals surface area contributed by atoms with Gasteiger partial charge in [-0.2, -0.15) is 0 Å². The average Bonchev–Trinajstić information content (AvgIpc) is 2.68. The normalized spacial score (nSPS) is 10.6. The first kappa shape index (κ1) is 20.6. The minimum absolute atomic E-state index is 0.00280. The molecule has 0 spiro atoms. The molecule has 2 rings (SSSR count). The summed E-state index contributed by atoms with van der Waals surface area (Å²) in [6.45, 7) is 3.69. The van der Waals surface area contributed by atoms with Crippen LogP contribution in [0.2, 0.25) is 0 Å². The van der Waals surface area contributed by atoms with Gasteiger partial charge >= 0.3 is 0 Å². The molecule has 0 radical (unpaired) electrons. The Morgan fingerprint density at radius 1 is 0.963 bits per heavy atom. The Balaban J connectivity index is 2.01. The monoisotopic (exact) mass is 368 g/mol. The lowest BCUT2D eigenvalue weighted by Crippen LogP contribution is -2.39. The smallest absolute Gasteiger partial charge is 0.232 e. The van der Waals surface area contributed by atoms with Crippen LogP contribution in [0.1, 0.15) is 30.4 Å². The van der Waals surface area contributed by atoms with Crippen molar-refractivity contribution in [2.24, 2.45) is 0 Å². The fourth-order valence-corrected chi connectivity index (χ4v) is 3.03. The van der Waals surface area contributed by atoms with E-state index in [0.29, 0.717) is 26.2 Å². The van der Waals surface area contributed by atoms with Crippen molar-refractivity contribution in [2.45, 2.75) is 19.3 Å². The van der Waals surface area contributed by atoms with Gasteiger partial charge in [-0.1, -0.05) is 60.7 Å². The van der Waals surface area contributed by atoms with Gasteiger partial charge in [0.15, 0.2) is 0 Å². The molecule has 2 amide bonds. The zero-order valence-electron chi connectivity index (χ0n) is 16.1. The van der Waals surface area contributed by atoms with Gasteiger partial charge in [0.25, 0.3) is 0 Å². The van der Waals surface area contributed by atoms with Gasteiger partial charge < -0.3 is 15.0 Å². The van der Waals surface area contributed by atoms with E-state index in [0.717, 1.165) is 17.5 Å². The van der Waals surface area contributed by atoms with E-state index in [-0.39, 0.29) is 17.7 Å². The summed E-state index contributed by atoms with van der Waals surface area (Å²) in [6, 6.07) is 19.5. The maximum Gasteiger partial charge on any atom is 0.232 e. The molecule has 0 fully saturated rings. The summed E-state index contributed by atoms with van der Waals surface area (Å²) in [4.78, 5) is 26.4. The molecule has 0 saturated heterocycles. The lowest BCUT2D eigenvalue weighted by atomic mass is 9.90.